The molecule has 9 heavy (non-hydrogen) atoms. The lowest BCUT2D eigenvalue weighted by Crippen LogP contribution is -2.11. The maximum absolute atomic E-state index is 10.1. The van der Waals surface area contributed by atoms with Crippen LogP contribution >= 0.6 is 0 Å². The van der Waals surface area contributed by atoms with Gasteiger partial charge in [-0.05, 0) is 6.42 Å². The van der Waals surface area contributed by atoms with Gasteiger partial charge < -0.3 is 10.2 Å². The van der Waals surface area contributed by atoms with Gasteiger partial charge in [-0.25, -0.2) is 0 Å². The average molecular weight is 130 g/mol. The molecular formula is C6H10O3. The normalized spacial score (nSPS) is 12.6. The van der Waals surface area contributed by atoms with E-state index in [9.17, 15) is 4.79 Å². The molecule has 0 aliphatic rings. The summed E-state index contributed by atoms with van der Waals surface area (Å²) in [6, 6.07) is 0. The van der Waals surface area contributed by atoms with E-state index in [-0.39, 0.29) is 13.0 Å². The summed E-state index contributed by atoms with van der Waals surface area (Å²) >= 11 is 0. The van der Waals surface area contributed by atoms with Crippen LogP contribution in [0.5, 0.6) is 0 Å². The third-order valence-corrected chi connectivity index (χ3v) is 1.04. The largest absolute Gasteiger partial charge is 0.481 e. The molecule has 1 atom stereocenters. The van der Waals surface area contributed by atoms with Gasteiger partial charge in [0.1, 0.15) is 0 Å². The van der Waals surface area contributed by atoms with E-state index in [0.29, 0.717) is 0 Å². The van der Waals surface area contributed by atoms with Gasteiger partial charge in [0.15, 0.2) is 0 Å². The van der Waals surface area contributed by atoms with E-state index < -0.39 is 11.9 Å². The third-order valence-electron chi connectivity index (χ3n) is 1.04. The van der Waals surface area contributed by atoms with Crippen LogP contribution in [0.4, 0.5) is 0 Å². The molecular weight excluding hydrogens is 120 g/mol. The Morgan fingerprint density at radius 1 is 1.78 bits per heavy atom. The first kappa shape index (κ1) is 8.17. The van der Waals surface area contributed by atoms with Gasteiger partial charge in [0, 0.05) is 6.61 Å². The number of rotatable bonds is 4. The summed E-state index contributed by atoms with van der Waals surface area (Å²) < 4.78 is 0. The minimum absolute atomic E-state index is 0.108. The Balaban J connectivity index is 3.68. The first-order chi connectivity index (χ1) is 4.22. The number of hydrogen-bond acceptors (Lipinski definition) is 2. The van der Waals surface area contributed by atoms with Crippen LogP contribution in [0.15, 0.2) is 12.7 Å². The van der Waals surface area contributed by atoms with Gasteiger partial charge in [0.25, 0.3) is 0 Å². The van der Waals surface area contributed by atoms with Gasteiger partial charge in [-0.2, -0.15) is 0 Å². The highest BCUT2D eigenvalue weighted by atomic mass is 16.4. The number of carboxylic acid groups (broad SMARTS) is 1. The summed E-state index contributed by atoms with van der Waals surface area (Å²) in [4.78, 5) is 10.1. The first-order valence-corrected chi connectivity index (χ1v) is 2.68. The standard InChI is InChI=1S/C6H10O3/c1-2-5(3-4-7)6(8)9/h2,5,7H,1,3-4H2,(H,8,9). The van der Waals surface area contributed by atoms with Gasteiger partial charge >= 0.3 is 5.97 Å². The molecule has 0 aromatic heterocycles. The van der Waals surface area contributed by atoms with Crippen LogP contribution < -0.4 is 0 Å². The van der Waals surface area contributed by atoms with Gasteiger partial charge in [-0.3, -0.25) is 4.79 Å². The first-order valence-electron chi connectivity index (χ1n) is 2.68. The lowest BCUT2D eigenvalue weighted by atomic mass is 10.1. The lowest BCUT2D eigenvalue weighted by molar-refractivity contribution is -0.140. The number of aliphatic carboxylic acids is 1. The number of hydrogen-bond donors (Lipinski definition) is 2. The molecule has 0 aliphatic heterocycles. The van der Waals surface area contributed by atoms with Crippen LogP contribution in [0.2, 0.25) is 0 Å². The summed E-state index contributed by atoms with van der Waals surface area (Å²) in [6.07, 6.45) is 1.57. The number of aliphatic hydroxyl groups is 1. The van der Waals surface area contributed by atoms with E-state index in [1.807, 2.05) is 0 Å². The number of aliphatic hydroxyl groups excluding tert-OH is 1. The molecule has 0 aromatic rings. The second-order valence-corrected chi connectivity index (χ2v) is 1.69. The molecule has 2 N–H and O–H groups in total. The minimum atomic E-state index is -0.931. The fourth-order valence-corrected chi connectivity index (χ4v) is 0.481. The second kappa shape index (κ2) is 4.09. The van der Waals surface area contributed by atoms with E-state index in [1.54, 1.807) is 0 Å². The summed E-state index contributed by atoms with van der Waals surface area (Å²) in [6.45, 7) is 3.20. The average Bonchev–Trinajstić information content (AvgIpc) is 1.82. The van der Waals surface area contributed by atoms with E-state index >= 15 is 0 Å². The molecule has 0 spiro atoms. The molecule has 0 rings (SSSR count). The molecule has 0 fully saturated rings. The lowest BCUT2D eigenvalue weighted by Gasteiger charge is -2.01. The van der Waals surface area contributed by atoms with Crippen molar-refractivity contribution in [1.29, 1.82) is 0 Å². The topological polar surface area (TPSA) is 57.5 Å². The molecule has 0 aromatic carbocycles. The van der Waals surface area contributed by atoms with Crippen LogP contribution in [0.25, 0.3) is 0 Å². The Labute approximate surface area is 53.6 Å². The van der Waals surface area contributed by atoms with Crippen LogP contribution in [0.3, 0.4) is 0 Å². The second-order valence-electron chi connectivity index (χ2n) is 1.69. The third kappa shape index (κ3) is 2.87. The zero-order valence-electron chi connectivity index (χ0n) is 5.08. The van der Waals surface area contributed by atoms with E-state index in [0.717, 1.165) is 0 Å². The van der Waals surface area contributed by atoms with Crippen molar-refractivity contribution in [2.45, 2.75) is 6.42 Å². The minimum Gasteiger partial charge on any atom is -0.481 e. The van der Waals surface area contributed by atoms with E-state index in [4.69, 9.17) is 10.2 Å². The fraction of sp³-hybridized carbons (Fsp3) is 0.500. The number of carbonyl (C=O) groups is 1. The molecule has 0 radical (unpaired) electrons. The zero-order chi connectivity index (χ0) is 7.28. The molecule has 0 heterocycles. The maximum atomic E-state index is 10.1. The van der Waals surface area contributed by atoms with E-state index in [1.165, 1.54) is 6.08 Å². The van der Waals surface area contributed by atoms with Crippen LogP contribution in [0.1, 0.15) is 6.42 Å². The van der Waals surface area contributed by atoms with Gasteiger partial charge in [-0.1, -0.05) is 6.08 Å². The summed E-state index contributed by atoms with van der Waals surface area (Å²) in [5, 5.41) is 16.6. The van der Waals surface area contributed by atoms with Crippen molar-refractivity contribution in [2.75, 3.05) is 6.61 Å². The van der Waals surface area contributed by atoms with Crippen molar-refractivity contribution in [3.8, 4) is 0 Å². The van der Waals surface area contributed by atoms with Crippen molar-refractivity contribution >= 4 is 5.97 Å². The Bertz CT molecular complexity index is 109. The summed E-state index contributed by atoms with van der Waals surface area (Å²) in [7, 11) is 0. The Morgan fingerprint density at radius 3 is 2.44 bits per heavy atom. The molecule has 0 saturated heterocycles. The Kier molecular flexibility index (Phi) is 3.71. The summed E-state index contributed by atoms with van der Waals surface area (Å²) in [5.41, 5.74) is 0. The van der Waals surface area contributed by atoms with Crippen molar-refractivity contribution in [2.24, 2.45) is 5.92 Å². The van der Waals surface area contributed by atoms with Crippen molar-refractivity contribution in [3.63, 3.8) is 0 Å². The monoisotopic (exact) mass is 130 g/mol. The van der Waals surface area contributed by atoms with Gasteiger partial charge in [0.2, 0.25) is 0 Å². The van der Waals surface area contributed by atoms with Gasteiger partial charge in [-0.15, -0.1) is 6.58 Å². The zero-order valence-corrected chi connectivity index (χ0v) is 5.08. The smallest absolute Gasteiger partial charge is 0.310 e. The molecule has 3 heteroatoms. The molecule has 0 saturated carbocycles. The highest BCUT2D eigenvalue weighted by Crippen LogP contribution is 2.02. The molecule has 52 valence electrons. The molecule has 0 aliphatic carbocycles. The van der Waals surface area contributed by atoms with Crippen molar-refractivity contribution < 1.29 is 15.0 Å². The molecule has 0 amide bonds. The Hall–Kier alpha value is -0.830. The summed E-state index contributed by atoms with van der Waals surface area (Å²) in [5.74, 6) is -1.53. The molecule has 1 unspecified atom stereocenters. The maximum Gasteiger partial charge on any atom is 0.310 e. The predicted molar refractivity (Wildman–Crippen MR) is 33.0 cm³/mol. The highest BCUT2D eigenvalue weighted by Gasteiger charge is 2.10. The van der Waals surface area contributed by atoms with Crippen LogP contribution in [0, 0.1) is 5.92 Å². The van der Waals surface area contributed by atoms with Crippen LogP contribution in [-0.2, 0) is 4.79 Å². The SMILES string of the molecule is C=CC(CCO)C(=O)O. The van der Waals surface area contributed by atoms with Crippen LogP contribution in [-0.4, -0.2) is 22.8 Å². The molecule has 3 nitrogen and oxygen atoms in total. The van der Waals surface area contributed by atoms with Crippen molar-refractivity contribution in [3.05, 3.63) is 12.7 Å². The van der Waals surface area contributed by atoms with E-state index in [2.05, 4.69) is 6.58 Å². The van der Waals surface area contributed by atoms with Gasteiger partial charge in [0.05, 0.1) is 5.92 Å². The fourth-order valence-electron chi connectivity index (χ4n) is 0.481. The Morgan fingerprint density at radius 2 is 2.33 bits per heavy atom. The predicted octanol–water partition coefficient (Wildman–Crippen LogP) is 0.256. The highest BCUT2D eigenvalue weighted by molar-refractivity contribution is 5.71. The molecule has 0 bridgehead atoms. The van der Waals surface area contributed by atoms with Crippen molar-refractivity contribution in [1.82, 2.24) is 0 Å². The quantitative estimate of drug-likeness (QED) is 0.536. The number of carboxylic acids is 1.